The van der Waals surface area contributed by atoms with Gasteiger partial charge in [0, 0.05) is 5.54 Å². The molecule has 1 atom stereocenters. The molecule has 1 aliphatic rings. The first-order chi connectivity index (χ1) is 8.18. The summed E-state index contributed by atoms with van der Waals surface area (Å²) in [7, 11) is 0. The molecule has 0 aromatic heterocycles. The maximum Gasteiger partial charge on any atom is 0.00966 e. The zero-order chi connectivity index (χ0) is 13.8. The number of rotatable bonds is 5. The normalized spacial score (nSPS) is 20.3. The van der Waals surface area contributed by atoms with Crippen molar-refractivity contribution >= 4 is 0 Å². The number of hydrogen-bond donors (Lipinski definition) is 1. The van der Waals surface area contributed by atoms with E-state index < -0.39 is 0 Å². The van der Waals surface area contributed by atoms with E-state index >= 15 is 0 Å². The summed E-state index contributed by atoms with van der Waals surface area (Å²) < 4.78 is 0. The molecule has 0 aromatic rings. The van der Waals surface area contributed by atoms with Crippen molar-refractivity contribution in [1.29, 1.82) is 0 Å². The average Bonchev–Trinajstić information content (AvgIpc) is 2.66. The molecule has 0 amide bonds. The van der Waals surface area contributed by atoms with Crippen molar-refractivity contribution in [2.75, 3.05) is 6.54 Å². The van der Waals surface area contributed by atoms with E-state index in [0.29, 0.717) is 5.41 Å². The second kappa shape index (κ2) is 6.41. The van der Waals surface area contributed by atoms with Gasteiger partial charge >= 0.3 is 0 Å². The highest BCUT2D eigenvalue weighted by molar-refractivity contribution is 4.81. The fourth-order valence-electron chi connectivity index (χ4n) is 3.01. The minimum Gasteiger partial charge on any atom is -0.312 e. The Morgan fingerprint density at radius 3 is 2.00 bits per heavy atom. The largest absolute Gasteiger partial charge is 0.312 e. The fourth-order valence-corrected chi connectivity index (χ4v) is 3.01. The summed E-state index contributed by atoms with van der Waals surface area (Å²) in [4.78, 5) is 0. The van der Waals surface area contributed by atoms with Crippen LogP contribution in [0.15, 0.2) is 0 Å². The van der Waals surface area contributed by atoms with Crippen LogP contribution in [0.3, 0.4) is 0 Å². The van der Waals surface area contributed by atoms with Crippen molar-refractivity contribution in [3.05, 3.63) is 0 Å². The van der Waals surface area contributed by atoms with E-state index in [1.54, 1.807) is 0 Å². The summed E-state index contributed by atoms with van der Waals surface area (Å²) in [6, 6.07) is 0. The van der Waals surface area contributed by atoms with Crippen LogP contribution in [0.2, 0.25) is 0 Å². The highest BCUT2D eigenvalue weighted by Crippen LogP contribution is 2.35. The molecule has 0 aromatic carbocycles. The average molecular weight is 253 g/mol. The minimum absolute atomic E-state index is 0.247. The predicted octanol–water partition coefficient (Wildman–Crippen LogP) is 5.01. The molecule has 1 fully saturated rings. The van der Waals surface area contributed by atoms with Gasteiger partial charge in [-0.15, -0.1) is 0 Å². The lowest BCUT2D eigenvalue weighted by atomic mass is 9.76. The molecule has 0 radical (unpaired) electrons. The summed E-state index contributed by atoms with van der Waals surface area (Å²) in [5, 5.41) is 3.70. The van der Waals surface area contributed by atoms with Gasteiger partial charge < -0.3 is 5.32 Å². The molecule has 1 rings (SSSR count). The monoisotopic (exact) mass is 253 g/mol. The molecule has 0 aliphatic heterocycles. The second-order valence-corrected chi connectivity index (χ2v) is 8.42. The molecule has 0 saturated heterocycles. The van der Waals surface area contributed by atoms with Crippen molar-refractivity contribution in [2.45, 2.75) is 85.6 Å². The maximum atomic E-state index is 3.70. The van der Waals surface area contributed by atoms with E-state index in [1.165, 1.54) is 45.1 Å². The summed E-state index contributed by atoms with van der Waals surface area (Å²) in [6.45, 7) is 15.2. The molecule has 1 nitrogen and oxygen atoms in total. The Balaban J connectivity index is 2.40. The van der Waals surface area contributed by atoms with Crippen LogP contribution in [0.1, 0.15) is 80.1 Å². The lowest BCUT2D eigenvalue weighted by molar-refractivity contribution is 0.191. The SMILES string of the molecule is CC(C)(C)NCC(CCC1CCCC1)C(C)(C)C. The Kier molecular flexibility index (Phi) is 5.70. The first-order valence-electron chi connectivity index (χ1n) is 7.93. The third kappa shape index (κ3) is 6.22. The highest BCUT2D eigenvalue weighted by Gasteiger charge is 2.27. The Morgan fingerprint density at radius 1 is 1.00 bits per heavy atom. The van der Waals surface area contributed by atoms with E-state index in [0.717, 1.165) is 11.8 Å². The third-order valence-corrected chi connectivity index (χ3v) is 4.50. The van der Waals surface area contributed by atoms with Crippen LogP contribution in [0, 0.1) is 17.3 Å². The van der Waals surface area contributed by atoms with Gasteiger partial charge in [-0.25, -0.2) is 0 Å². The van der Waals surface area contributed by atoms with Crippen LogP contribution < -0.4 is 5.32 Å². The van der Waals surface area contributed by atoms with Crippen molar-refractivity contribution < 1.29 is 0 Å². The molecule has 0 spiro atoms. The van der Waals surface area contributed by atoms with Crippen LogP contribution in [0.4, 0.5) is 0 Å². The Morgan fingerprint density at radius 2 is 1.56 bits per heavy atom. The van der Waals surface area contributed by atoms with Crippen LogP contribution in [-0.2, 0) is 0 Å². The van der Waals surface area contributed by atoms with Crippen LogP contribution in [0.5, 0.6) is 0 Å². The Hall–Kier alpha value is -0.0400. The summed E-state index contributed by atoms with van der Waals surface area (Å²) in [5.74, 6) is 1.84. The van der Waals surface area contributed by atoms with E-state index in [9.17, 15) is 0 Å². The third-order valence-electron chi connectivity index (χ3n) is 4.50. The molecule has 1 heteroatoms. The summed E-state index contributed by atoms with van der Waals surface area (Å²) in [6.07, 6.45) is 8.79. The van der Waals surface area contributed by atoms with Crippen molar-refractivity contribution in [3.63, 3.8) is 0 Å². The molecule has 108 valence electrons. The maximum absolute atomic E-state index is 3.70. The Labute approximate surface area is 115 Å². The quantitative estimate of drug-likeness (QED) is 0.726. The van der Waals surface area contributed by atoms with Crippen LogP contribution in [-0.4, -0.2) is 12.1 Å². The van der Waals surface area contributed by atoms with Crippen molar-refractivity contribution in [3.8, 4) is 0 Å². The van der Waals surface area contributed by atoms with Gasteiger partial charge in [0.15, 0.2) is 0 Å². The van der Waals surface area contributed by atoms with Gasteiger partial charge in [0.1, 0.15) is 0 Å². The minimum atomic E-state index is 0.247. The second-order valence-electron chi connectivity index (χ2n) is 8.42. The van der Waals surface area contributed by atoms with E-state index in [4.69, 9.17) is 0 Å². The van der Waals surface area contributed by atoms with Gasteiger partial charge in [-0.1, -0.05) is 52.9 Å². The first kappa shape index (κ1) is 16.0. The predicted molar refractivity (Wildman–Crippen MR) is 81.9 cm³/mol. The van der Waals surface area contributed by atoms with E-state index in [2.05, 4.69) is 46.9 Å². The molecule has 1 saturated carbocycles. The van der Waals surface area contributed by atoms with Crippen molar-refractivity contribution in [1.82, 2.24) is 5.32 Å². The van der Waals surface area contributed by atoms with E-state index in [-0.39, 0.29) is 5.54 Å². The smallest absolute Gasteiger partial charge is 0.00966 e. The number of hydrogen-bond acceptors (Lipinski definition) is 1. The van der Waals surface area contributed by atoms with Gasteiger partial charge in [0.05, 0.1) is 0 Å². The topological polar surface area (TPSA) is 12.0 Å². The summed E-state index contributed by atoms with van der Waals surface area (Å²) in [5.41, 5.74) is 0.674. The lowest BCUT2D eigenvalue weighted by Gasteiger charge is -2.34. The molecule has 0 heterocycles. The van der Waals surface area contributed by atoms with Gasteiger partial charge in [-0.2, -0.15) is 0 Å². The lowest BCUT2D eigenvalue weighted by Crippen LogP contribution is -2.42. The zero-order valence-electron chi connectivity index (χ0n) is 13.6. The molecule has 1 N–H and O–H groups in total. The molecule has 18 heavy (non-hydrogen) atoms. The van der Waals surface area contributed by atoms with Gasteiger partial charge in [-0.05, 0) is 51.0 Å². The van der Waals surface area contributed by atoms with Crippen molar-refractivity contribution in [2.24, 2.45) is 17.3 Å². The zero-order valence-corrected chi connectivity index (χ0v) is 13.6. The van der Waals surface area contributed by atoms with Crippen LogP contribution >= 0.6 is 0 Å². The molecular weight excluding hydrogens is 218 g/mol. The van der Waals surface area contributed by atoms with Gasteiger partial charge in [0.25, 0.3) is 0 Å². The standard InChI is InChI=1S/C17H35N/c1-16(2,3)15(13-18-17(4,5)6)12-11-14-9-7-8-10-14/h14-15,18H,7-13H2,1-6H3. The Bertz CT molecular complexity index is 225. The molecule has 1 aliphatic carbocycles. The van der Waals surface area contributed by atoms with Crippen LogP contribution in [0.25, 0.3) is 0 Å². The molecule has 0 bridgehead atoms. The summed E-state index contributed by atoms with van der Waals surface area (Å²) >= 11 is 0. The molecular formula is C17H35N. The number of nitrogens with one attached hydrogen (secondary N) is 1. The highest BCUT2D eigenvalue weighted by atomic mass is 14.9. The fraction of sp³-hybridized carbons (Fsp3) is 1.00. The van der Waals surface area contributed by atoms with Gasteiger partial charge in [0.2, 0.25) is 0 Å². The molecule has 1 unspecified atom stereocenters. The van der Waals surface area contributed by atoms with E-state index in [1.807, 2.05) is 0 Å². The first-order valence-corrected chi connectivity index (χ1v) is 7.93. The van der Waals surface area contributed by atoms with Gasteiger partial charge in [-0.3, -0.25) is 0 Å².